The number of ether oxygens (including phenoxy) is 1. The molecule has 2 unspecified atom stereocenters. The second kappa shape index (κ2) is 7.57. The third-order valence-corrected chi connectivity index (χ3v) is 4.78. The molecular weight excluding hydrogens is 276 g/mol. The first-order valence-corrected chi connectivity index (χ1v) is 8.76. The van der Waals surface area contributed by atoms with Gasteiger partial charge < -0.3 is 9.64 Å². The molecule has 2 saturated heterocycles. The number of piperidine rings is 1. The van der Waals surface area contributed by atoms with Gasteiger partial charge in [0, 0.05) is 50.5 Å². The van der Waals surface area contributed by atoms with E-state index < -0.39 is 0 Å². The fraction of sp³-hybridized carbons (Fsp3) is 0.824. The standard InChI is InChI=1S/C17H30N4O/c1-14(2)10-21-8-9-22-16(13-21)12-20-7-3-4-15(11-20)17-5-6-18-19-17/h5-6,14-16H,3-4,7-13H2,1-2H3,(H,18,19). The zero-order valence-electron chi connectivity index (χ0n) is 14.0. The highest BCUT2D eigenvalue weighted by molar-refractivity contribution is 5.07. The summed E-state index contributed by atoms with van der Waals surface area (Å²) in [6, 6.07) is 2.12. The molecule has 1 N–H and O–H groups in total. The van der Waals surface area contributed by atoms with Gasteiger partial charge in [0.15, 0.2) is 0 Å². The molecule has 3 rings (SSSR count). The van der Waals surface area contributed by atoms with E-state index in [1.165, 1.54) is 31.6 Å². The lowest BCUT2D eigenvalue weighted by molar-refractivity contribution is -0.0487. The molecule has 0 saturated carbocycles. The van der Waals surface area contributed by atoms with Crippen LogP contribution in [0.3, 0.4) is 0 Å². The van der Waals surface area contributed by atoms with Gasteiger partial charge in [0.2, 0.25) is 0 Å². The molecule has 1 aromatic heterocycles. The molecule has 2 atom stereocenters. The Morgan fingerprint density at radius 2 is 2.23 bits per heavy atom. The molecule has 2 aliphatic rings. The summed E-state index contributed by atoms with van der Waals surface area (Å²) < 4.78 is 6.01. The van der Waals surface area contributed by atoms with Gasteiger partial charge in [-0.05, 0) is 31.4 Å². The molecule has 2 fully saturated rings. The van der Waals surface area contributed by atoms with Gasteiger partial charge in [-0.2, -0.15) is 5.10 Å². The number of aromatic amines is 1. The lowest BCUT2D eigenvalue weighted by Crippen LogP contribution is -2.49. The van der Waals surface area contributed by atoms with Crippen LogP contribution in [0.5, 0.6) is 0 Å². The van der Waals surface area contributed by atoms with Gasteiger partial charge in [-0.25, -0.2) is 0 Å². The van der Waals surface area contributed by atoms with Crippen molar-refractivity contribution >= 4 is 0 Å². The minimum atomic E-state index is 0.369. The van der Waals surface area contributed by atoms with E-state index in [2.05, 4.69) is 39.9 Å². The van der Waals surface area contributed by atoms with Crippen LogP contribution in [0.2, 0.25) is 0 Å². The molecule has 124 valence electrons. The molecule has 1 aromatic rings. The van der Waals surface area contributed by atoms with Crippen LogP contribution < -0.4 is 0 Å². The predicted octanol–water partition coefficient (Wildman–Crippen LogP) is 1.95. The Balaban J connectivity index is 1.49. The van der Waals surface area contributed by atoms with Gasteiger partial charge in [-0.15, -0.1) is 0 Å². The average Bonchev–Trinajstić information content (AvgIpc) is 3.01. The Morgan fingerprint density at radius 1 is 1.32 bits per heavy atom. The first-order valence-electron chi connectivity index (χ1n) is 8.76. The lowest BCUT2D eigenvalue weighted by atomic mass is 9.94. The van der Waals surface area contributed by atoms with E-state index in [4.69, 9.17) is 4.74 Å². The van der Waals surface area contributed by atoms with Crippen molar-refractivity contribution in [2.75, 3.05) is 45.9 Å². The molecule has 0 aromatic carbocycles. The van der Waals surface area contributed by atoms with Crippen LogP contribution in [-0.4, -0.2) is 72.0 Å². The molecule has 5 heteroatoms. The first-order chi connectivity index (χ1) is 10.7. The number of nitrogens with one attached hydrogen (secondary N) is 1. The maximum Gasteiger partial charge on any atom is 0.0829 e. The normalized spacial score (nSPS) is 28.3. The maximum atomic E-state index is 6.01. The molecule has 0 radical (unpaired) electrons. The molecular formula is C17H30N4O. The topological polar surface area (TPSA) is 44.4 Å². The summed E-state index contributed by atoms with van der Waals surface area (Å²) in [5.74, 6) is 1.34. The van der Waals surface area contributed by atoms with E-state index in [-0.39, 0.29) is 0 Å². The van der Waals surface area contributed by atoms with Crippen molar-refractivity contribution in [1.29, 1.82) is 0 Å². The predicted molar refractivity (Wildman–Crippen MR) is 88.0 cm³/mol. The number of likely N-dealkylation sites (tertiary alicyclic amines) is 1. The van der Waals surface area contributed by atoms with Gasteiger partial charge >= 0.3 is 0 Å². The summed E-state index contributed by atoms with van der Waals surface area (Å²) in [4.78, 5) is 5.15. The first kappa shape index (κ1) is 16.0. The third-order valence-electron chi connectivity index (χ3n) is 4.78. The van der Waals surface area contributed by atoms with Crippen LogP contribution in [0.1, 0.15) is 38.3 Å². The van der Waals surface area contributed by atoms with E-state index in [1.54, 1.807) is 0 Å². The summed E-state index contributed by atoms with van der Waals surface area (Å²) in [6.45, 7) is 12.2. The molecule has 22 heavy (non-hydrogen) atoms. The molecule has 3 heterocycles. The highest BCUT2D eigenvalue weighted by atomic mass is 16.5. The molecule has 0 bridgehead atoms. The van der Waals surface area contributed by atoms with Crippen molar-refractivity contribution in [3.63, 3.8) is 0 Å². The Morgan fingerprint density at radius 3 is 3.00 bits per heavy atom. The third kappa shape index (κ3) is 4.31. The van der Waals surface area contributed by atoms with E-state index in [0.29, 0.717) is 12.0 Å². The van der Waals surface area contributed by atoms with E-state index in [1.807, 2.05) is 6.20 Å². The summed E-state index contributed by atoms with van der Waals surface area (Å²) in [5, 5.41) is 7.24. The van der Waals surface area contributed by atoms with Crippen molar-refractivity contribution in [1.82, 2.24) is 20.0 Å². The second-order valence-electron chi connectivity index (χ2n) is 7.26. The van der Waals surface area contributed by atoms with Crippen LogP contribution in [0.15, 0.2) is 12.3 Å². The summed E-state index contributed by atoms with van der Waals surface area (Å²) >= 11 is 0. The summed E-state index contributed by atoms with van der Waals surface area (Å²) in [6.07, 6.45) is 4.77. The quantitative estimate of drug-likeness (QED) is 0.903. The minimum Gasteiger partial charge on any atom is -0.374 e. The maximum absolute atomic E-state index is 6.01. The van der Waals surface area contributed by atoms with Gasteiger partial charge in [0.25, 0.3) is 0 Å². The summed E-state index contributed by atoms with van der Waals surface area (Å²) in [7, 11) is 0. The Kier molecular flexibility index (Phi) is 5.50. The lowest BCUT2D eigenvalue weighted by Gasteiger charge is -2.38. The van der Waals surface area contributed by atoms with E-state index >= 15 is 0 Å². The number of hydrogen-bond donors (Lipinski definition) is 1. The van der Waals surface area contributed by atoms with Gasteiger partial charge in [-0.3, -0.25) is 10.00 Å². The Bertz CT molecular complexity index is 434. The Labute approximate surface area is 134 Å². The minimum absolute atomic E-state index is 0.369. The zero-order chi connectivity index (χ0) is 15.4. The van der Waals surface area contributed by atoms with Crippen molar-refractivity contribution in [3.05, 3.63) is 18.0 Å². The smallest absolute Gasteiger partial charge is 0.0829 e. The number of morpholine rings is 1. The van der Waals surface area contributed by atoms with Crippen LogP contribution in [0.25, 0.3) is 0 Å². The number of H-pyrrole nitrogens is 1. The zero-order valence-corrected chi connectivity index (χ0v) is 14.0. The van der Waals surface area contributed by atoms with Gasteiger partial charge in [0.1, 0.15) is 0 Å². The molecule has 0 amide bonds. The highest BCUT2D eigenvalue weighted by Crippen LogP contribution is 2.25. The SMILES string of the molecule is CC(C)CN1CCOC(CN2CCCC(c3ccn[nH]3)C2)C1. The molecule has 5 nitrogen and oxygen atoms in total. The van der Waals surface area contributed by atoms with Crippen molar-refractivity contribution in [2.45, 2.75) is 38.7 Å². The van der Waals surface area contributed by atoms with Crippen LogP contribution in [0, 0.1) is 5.92 Å². The largest absolute Gasteiger partial charge is 0.374 e. The number of hydrogen-bond acceptors (Lipinski definition) is 4. The Hall–Kier alpha value is -0.910. The molecule has 2 aliphatic heterocycles. The fourth-order valence-corrected chi connectivity index (χ4v) is 3.83. The fourth-order valence-electron chi connectivity index (χ4n) is 3.83. The molecule has 0 spiro atoms. The molecule has 0 aliphatic carbocycles. The van der Waals surface area contributed by atoms with E-state index in [9.17, 15) is 0 Å². The highest BCUT2D eigenvalue weighted by Gasteiger charge is 2.27. The average molecular weight is 306 g/mol. The van der Waals surface area contributed by atoms with Crippen LogP contribution in [-0.2, 0) is 4.74 Å². The number of rotatable bonds is 5. The number of nitrogens with zero attached hydrogens (tertiary/aromatic N) is 3. The van der Waals surface area contributed by atoms with Gasteiger partial charge in [0.05, 0.1) is 12.7 Å². The van der Waals surface area contributed by atoms with Crippen molar-refractivity contribution < 1.29 is 4.74 Å². The van der Waals surface area contributed by atoms with E-state index in [0.717, 1.165) is 38.7 Å². The second-order valence-corrected chi connectivity index (χ2v) is 7.26. The van der Waals surface area contributed by atoms with Crippen molar-refractivity contribution in [2.24, 2.45) is 5.92 Å². The van der Waals surface area contributed by atoms with Gasteiger partial charge in [-0.1, -0.05) is 13.8 Å². The monoisotopic (exact) mass is 306 g/mol. The number of aromatic nitrogens is 2. The van der Waals surface area contributed by atoms with Crippen molar-refractivity contribution in [3.8, 4) is 0 Å². The van der Waals surface area contributed by atoms with Crippen LogP contribution >= 0.6 is 0 Å². The van der Waals surface area contributed by atoms with Crippen LogP contribution in [0.4, 0.5) is 0 Å². The summed E-state index contributed by atoms with van der Waals surface area (Å²) in [5.41, 5.74) is 1.29.